The summed E-state index contributed by atoms with van der Waals surface area (Å²) in [7, 11) is 0. The number of aliphatic carboxylic acids is 1. The molecular weight excluding hydrogens is 215 g/mol. The topological polar surface area (TPSA) is 70.2 Å². The fourth-order valence-electron chi connectivity index (χ4n) is 1.05. The minimum Gasteiger partial charge on any atom is -0.481 e. The van der Waals surface area contributed by atoms with Gasteiger partial charge in [0, 0.05) is 11.8 Å². The lowest BCUT2D eigenvalue weighted by Gasteiger charge is -2.03. The van der Waals surface area contributed by atoms with Crippen LogP contribution in [0.5, 0.6) is 0 Å². The number of carboxylic acid groups (broad SMARTS) is 1. The molecule has 4 nitrogen and oxygen atoms in total. The van der Waals surface area contributed by atoms with E-state index in [4.69, 9.17) is 5.11 Å². The van der Waals surface area contributed by atoms with Crippen molar-refractivity contribution in [3.8, 4) is 0 Å². The van der Waals surface area contributed by atoms with Crippen LogP contribution in [0.4, 0.5) is 13.2 Å². The zero-order chi connectivity index (χ0) is 11.6. The lowest BCUT2D eigenvalue weighted by molar-refractivity contribution is -0.136. The number of pyridine rings is 1. The van der Waals surface area contributed by atoms with Crippen LogP contribution in [0.25, 0.3) is 0 Å². The Labute approximate surface area is 81.4 Å². The molecule has 0 radical (unpaired) electrons. The Morgan fingerprint density at radius 2 is 2.13 bits per heavy atom. The molecule has 0 atom stereocenters. The summed E-state index contributed by atoms with van der Waals surface area (Å²) in [6.07, 6.45) is -3.86. The summed E-state index contributed by atoms with van der Waals surface area (Å²) >= 11 is 0. The number of H-pyrrole nitrogens is 1. The van der Waals surface area contributed by atoms with Gasteiger partial charge in [-0.25, -0.2) is 8.78 Å². The van der Waals surface area contributed by atoms with Crippen molar-refractivity contribution >= 4 is 5.97 Å². The molecule has 0 aliphatic carbocycles. The molecule has 0 aliphatic heterocycles. The number of carbonyl (C=O) groups is 1. The van der Waals surface area contributed by atoms with Crippen molar-refractivity contribution in [3.05, 3.63) is 33.5 Å². The minimum atomic E-state index is -3.23. The average Bonchev–Trinajstić information content (AvgIpc) is 1.99. The molecule has 1 aromatic rings. The molecule has 0 amide bonds. The van der Waals surface area contributed by atoms with Gasteiger partial charge >= 0.3 is 5.97 Å². The van der Waals surface area contributed by atoms with Crippen LogP contribution in [-0.2, 0) is 11.2 Å². The first-order valence-electron chi connectivity index (χ1n) is 3.83. The number of hydrogen-bond donors (Lipinski definition) is 2. The summed E-state index contributed by atoms with van der Waals surface area (Å²) in [5.41, 5.74) is -2.74. The van der Waals surface area contributed by atoms with E-state index in [0.29, 0.717) is 6.07 Å². The first kappa shape index (κ1) is 11.3. The number of aromatic nitrogens is 1. The number of alkyl halides is 2. The number of carboxylic acids is 1. The minimum absolute atomic E-state index is 0.255. The standard InChI is InChI=1S/C8H6F3NO3/c9-7(10)6-4(13)1-3(2-5(14)15)12-8(6)11/h1,7H,2H2,(H,12,13)(H,14,15). The molecule has 1 aromatic heterocycles. The highest BCUT2D eigenvalue weighted by atomic mass is 19.3. The third-order valence-corrected chi connectivity index (χ3v) is 1.64. The van der Waals surface area contributed by atoms with Crippen molar-refractivity contribution in [2.75, 3.05) is 0 Å². The normalized spacial score (nSPS) is 10.7. The predicted octanol–water partition coefficient (Wildman–Crippen LogP) is 1.08. The number of halogens is 3. The van der Waals surface area contributed by atoms with E-state index in [9.17, 15) is 22.8 Å². The van der Waals surface area contributed by atoms with Gasteiger partial charge in [0.25, 0.3) is 6.43 Å². The largest absolute Gasteiger partial charge is 0.481 e. The first-order valence-corrected chi connectivity index (χ1v) is 3.83. The Morgan fingerprint density at radius 1 is 1.53 bits per heavy atom. The van der Waals surface area contributed by atoms with Gasteiger partial charge in [0.2, 0.25) is 5.95 Å². The Hall–Kier alpha value is -1.79. The molecule has 0 fully saturated rings. The maximum atomic E-state index is 12.9. The highest BCUT2D eigenvalue weighted by Gasteiger charge is 2.19. The molecule has 0 bridgehead atoms. The van der Waals surface area contributed by atoms with Crippen molar-refractivity contribution in [1.82, 2.24) is 4.98 Å². The van der Waals surface area contributed by atoms with Crippen LogP contribution < -0.4 is 5.43 Å². The van der Waals surface area contributed by atoms with Gasteiger partial charge in [0.05, 0.1) is 6.42 Å². The molecule has 0 spiro atoms. The summed E-state index contributed by atoms with van der Waals surface area (Å²) in [6, 6.07) is 0.651. The van der Waals surface area contributed by atoms with Crippen molar-refractivity contribution in [3.63, 3.8) is 0 Å². The van der Waals surface area contributed by atoms with Gasteiger partial charge in [-0.1, -0.05) is 0 Å². The molecule has 0 saturated heterocycles. The van der Waals surface area contributed by atoms with E-state index in [1.54, 1.807) is 4.98 Å². The Bertz CT molecular complexity index is 441. The van der Waals surface area contributed by atoms with Crippen LogP contribution in [0.1, 0.15) is 17.7 Å². The lowest BCUT2D eigenvalue weighted by atomic mass is 10.2. The molecule has 1 rings (SSSR count). The second-order valence-electron chi connectivity index (χ2n) is 2.76. The maximum absolute atomic E-state index is 12.9. The Balaban J connectivity index is 3.20. The van der Waals surface area contributed by atoms with E-state index in [-0.39, 0.29) is 5.69 Å². The second-order valence-corrected chi connectivity index (χ2v) is 2.76. The van der Waals surface area contributed by atoms with Gasteiger partial charge < -0.3 is 10.1 Å². The van der Waals surface area contributed by atoms with E-state index in [2.05, 4.69) is 0 Å². The fourth-order valence-corrected chi connectivity index (χ4v) is 1.05. The van der Waals surface area contributed by atoms with E-state index in [1.807, 2.05) is 0 Å². The summed E-state index contributed by atoms with van der Waals surface area (Å²) < 4.78 is 37.1. The first-order chi connectivity index (χ1) is 6.91. The highest BCUT2D eigenvalue weighted by molar-refractivity contribution is 5.69. The van der Waals surface area contributed by atoms with Crippen molar-refractivity contribution in [1.29, 1.82) is 0 Å². The molecule has 2 N–H and O–H groups in total. The number of rotatable bonds is 3. The molecule has 7 heteroatoms. The predicted molar refractivity (Wildman–Crippen MR) is 43.3 cm³/mol. The van der Waals surface area contributed by atoms with E-state index < -0.39 is 35.8 Å². The van der Waals surface area contributed by atoms with Gasteiger partial charge in [-0.2, -0.15) is 4.39 Å². The third-order valence-electron chi connectivity index (χ3n) is 1.64. The van der Waals surface area contributed by atoms with Gasteiger partial charge in [-0.3, -0.25) is 9.59 Å². The van der Waals surface area contributed by atoms with Gasteiger partial charge in [-0.05, 0) is 0 Å². The Kier molecular flexibility index (Phi) is 3.13. The summed E-state index contributed by atoms with van der Waals surface area (Å²) in [6.45, 7) is 0. The van der Waals surface area contributed by atoms with Crippen molar-refractivity contribution in [2.24, 2.45) is 0 Å². The molecule has 82 valence electrons. The van der Waals surface area contributed by atoms with Crippen molar-refractivity contribution in [2.45, 2.75) is 12.8 Å². The lowest BCUT2D eigenvalue weighted by Crippen LogP contribution is -2.16. The van der Waals surface area contributed by atoms with Crippen molar-refractivity contribution < 1.29 is 23.1 Å². The van der Waals surface area contributed by atoms with Crippen LogP contribution in [0.2, 0.25) is 0 Å². The molecule has 0 aliphatic rings. The van der Waals surface area contributed by atoms with Crippen LogP contribution in [-0.4, -0.2) is 16.1 Å². The smallest absolute Gasteiger partial charge is 0.309 e. The quantitative estimate of drug-likeness (QED) is 0.750. The van der Waals surface area contributed by atoms with Gasteiger partial charge in [-0.15, -0.1) is 0 Å². The molecular formula is C8H6F3NO3. The van der Waals surface area contributed by atoms with Crippen LogP contribution in [0.15, 0.2) is 10.9 Å². The van der Waals surface area contributed by atoms with Gasteiger partial charge in [0.15, 0.2) is 5.43 Å². The molecule has 1 heterocycles. The van der Waals surface area contributed by atoms with Crippen LogP contribution >= 0.6 is 0 Å². The molecule has 0 aromatic carbocycles. The summed E-state index contributed by atoms with van der Waals surface area (Å²) in [4.78, 5) is 23.0. The third kappa shape index (κ3) is 2.58. The Morgan fingerprint density at radius 3 is 2.53 bits per heavy atom. The monoisotopic (exact) mass is 221 g/mol. The van der Waals surface area contributed by atoms with E-state index >= 15 is 0 Å². The second kappa shape index (κ2) is 4.16. The van der Waals surface area contributed by atoms with Gasteiger partial charge in [0.1, 0.15) is 5.56 Å². The molecule has 0 unspecified atom stereocenters. The number of nitrogens with one attached hydrogen (secondary N) is 1. The highest BCUT2D eigenvalue weighted by Crippen LogP contribution is 2.16. The zero-order valence-corrected chi connectivity index (χ0v) is 7.26. The number of hydrogen-bond acceptors (Lipinski definition) is 2. The molecule has 15 heavy (non-hydrogen) atoms. The van der Waals surface area contributed by atoms with Crippen LogP contribution in [0.3, 0.4) is 0 Å². The summed E-state index contributed by atoms with van der Waals surface area (Å²) in [5.74, 6) is -2.79. The van der Waals surface area contributed by atoms with Crippen LogP contribution in [0, 0.1) is 5.95 Å². The van der Waals surface area contributed by atoms with E-state index in [1.165, 1.54) is 0 Å². The SMILES string of the molecule is O=C(O)Cc1cc(=O)c(C(F)F)c(F)[nH]1. The fraction of sp³-hybridized carbons (Fsp3) is 0.250. The maximum Gasteiger partial charge on any atom is 0.309 e. The molecule has 0 saturated carbocycles. The zero-order valence-electron chi connectivity index (χ0n) is 7.26. The summed E-state index contributed by atoms with van der Waals surface area (Å²) in [5, 5.41) is 8.33. The number of aromatic amines is 1. The average molecular weight is 221 g/mol. The van der Waals surface area contributed by atoms with E-state index in [0.717, 1.165) is 0 Å².